The van der Waals surface area contributed by atoms with Crippen LogP contribution in [0.25, 0.3) is 10.9 Å². The zero-order valence-electron chi connectivity index (χ0n) is 22.7. The van der Waals surface area contributed by atoms with Crippen LogP contribution in [0.15, 0.2) is 72.9 Å². The molecule has 7 nitrogen and oxygen atoms in total. The summed E-state index contributed by atoms with van der Waals surface area (Å²) in [5, 5.41) is 26.5. The van der Waals surface area contributed by atoms with Crippen molar-refractivity contribution < 1.29 is 14.6 Å². The molecule has 2 N–H and O–H groups in total. The number of halogens is 2. The molecule has 1 saturated heterocycles. The fourth-order valence-corrected chi connectivity index (χ4v) is 5.28. The third kappa shape index (κ3) is 6.02. The summed E-state index contributed by atoms with van der Waals surface area (Å²) in [6.07, 6.45) is 2.95. The van der Waals surface area contributed by atoms with Crippen LogP contribution in [0.4, 0.5) is 10.5 Å². The number of fused-ring (bicyclic) bond motifs is 1. The first kappa shape index (κ1) is 28.1. The molecule has 1 amide bonds. The summed E-state index contributed by atoms with van der Waals surface area (Å²) in [6.45, 7) is 6.81. The first-order chi connectivity index (χ1) is 19.0. The Morgan fingerprint density at radius 2 is 1.48 bits per heavy atom. The van der Waals surface area contributed by atoms with Crippen LogP contribution >= 0.6 is 23.2 Å². The number of hydrogen-bond donors (Lipinski definition) is 2. The maximum Gasteiger partial charge on any atom is 0.410 e. The average molecular weight is 580 g/mol. The molecule has 0 spiro atoms. The molecule has 3 aromatic carbocycles. The Morgan fingerprint density at radius 1 is 0.925 bits per heavy atom. The predicted octanol–water partition coefficient (Wildman–Crippen LogP) is 7.03. The Labute approximate surface area is 244 Å². The zero-order valence-corrected chi connectivity index (χ0v) is 24.2. The number of aromatic nitrogens is 2. The molecule has 0 radical (unpaired) electrons. The Bertz CT molecular complexity index is 1450. The van der Waals surface area contributed by atoms with Gasteiger partial charge in [0.05, 0.1) is 17.4 Å². The Morgan fingerprint density at radius 3 is 2.02 bits per heavy atom. The third-order valence-electron chi connectivity index (χ3n) is 7.09. The Kier molecular flexibility index (Phi) is 7.91. The van der Waals surface area contributed by atoms with Gasteiger partial charge in [0.25, 0.3) is 0 Å². The van der Waals surface area contributed by atoms with Crippen molar-refractivity contribution in [3.63, 3.8) is 0 Å². The highest BCUT2D eigenvalue weighted by Crippen LogP contribution is 2.39. The van der Waals surface area contributed by atoms with E-state index >= 15 is 0 Å². The van der Waals surface area contributed by atoms with E-state index in [4.69, 9.17) is 27.9 Å². The number of piperidine rings is 1. The normalized spacial score (nSPS) is 14.8. The molecule has 1 aliphatic rings. The van der Waals surface area contributed by atoms with Gasteiger partial charge in [-0.05, 0) is 86.7 Å². The van der Waals surface area contributed by atoms with Crippen LogP contribution in [-0.4, -0.2) is 51.0 Å². The Hall–Kier alpha value is -3.39. The fourth-order valence-electron chi connectivity index (χ4n) is 5.03. The molecule has 208 valence electrons. The van der Waals surface area contributed by atoms with Gasteiger partial charge in [-0.15, -0.1) is 0 Å². The van der Waals surface area contributed by atoms with Crippen LogP contribution in [0, 0.1) is 0 Å². The number of nitrogens with zero attached hydrogens (tertiary/aromatic N) is 3. The molecule has 0 aliphatic carbocycles. The summed E-state index contributed by atoms with van der Waals surface area (Å²) < 4.78 is 5.53. The van der Waals surface area contributed by atoms with Gasteiger partial charge in [-0.2, -0.15) is 10.2 Å². The topological polar surface area (TPSA) is 87.6 Å². The van der Waals surface area contributed by atoms with Crippen molar-refractivity contribution in [1.82, 2.24) is 15.1 Å². The largest absolute Gasteiger partial charge is 0.444 e. The van der Waals surface area contributed by atoms with Crippen molar-refractivity contribution in [2.75, 3.05) is 18.4 Å². The minimum absolute atomic E-state index is 0.140. The van der Waals surface area contributed by atoms with Crippen molar-refractivity contribution in [1.29, 1.82) is 0 Å². The van der Waals surface area contributed by atoms with E-state index in [1.54, 1.807) is 35.4 Å². The molecule has 1 fully saturated rings. The molecular formula is C31H32Cl2N4O3. The minimum Gasteiger partial charge on any atom is -0.444 e. The van der Waals surface area contributed by atoms with Crippen LogP contribution in [-0.2, 0) is 10.3 Å². The third-order valence-corrected chi connectivity index (χ3v) is 7.59. The summed E-state index contributed by atoms with van der Waals surface area (Å²) in [5.74, 6) is 0. The maximum absolute atomic E-state index is 12.5. The quantitative estimate of drug-likeness (QED) is 0.247. The summed E-state index contributed by atoms with van der Waals surface area (Å²) in [5.41, 5.74) is 1.54. The van der Waals surface area contributed by atoms with E-state index in [0.29, 0.717) is 45.3 Å². The highest BCUT2D eigenvalue weighted by molar-refractivity contribution is 6.30. The molecule has 0 atom stereocenters. The molecule has 5 rings (SSSR count). The van der Waals surface area contributed by atoms with Gasteiger partial charge in [0.15, 0.2) is 0 Å². The van der Waals surface area contributed by atoms with Gasteiger partial charge >= 0.3 is 6.09 Å². The first-order valence-corrected chi connectivity index (χ1v) is 14.0. The first-order valence-electron chi connectivity index (χ1n) is 13.3. The molecule has 0 bridgehead atoms. The minimum atomic E-state index is -1.47. The van der Waals surface area contributed by atoms with E-state index in [9.17, 15) is 9.90 Å². The van der Waals surface area contributed by atoms with Crippen molar-refractivity contribution >= 4 is 45.9 Å². The molecule has 9 heteroatoms. The lowest BCUT2D eigenvalue weighted by Crippen LogP contribution is -2.44. The number of nitrogens with one attached hydrogen (secondary N) is 1. The van der Waals surface area contributed by atoms with Gasteiger partial charge in [0.2, 0.25) is 0 Å². The second-order valence-corrected chi connectivity index (χ2v) is 12.0. The number of benzene rings is 3. The number of aliphatic hydroxyl groups is 1. The standard InChI is InChI=1S/C31H32Cl2N4O3/c1-30(2,3)40-29(38)37-16-14-25(15-17-37)35-28-19-34-36-27-13-8-22(18-26(27)28)31(39,20-4-9-23(32)10-5-20)21-6-11-24(33)12-7-21/h4-13,18-19,25,39H,14-17H2,1-3H3,(H,35,36). The zero-order chi connectivity index (χ0) is 28.5. The van der Waals surface area contributed by atoms with Crippen LogP contribution in [0.2, 0.25) is 10.0 Å². The van der Waals surface area contributed by atoms with Gasteiger partial charge in [-0.3, -0.25) is 0 Å². The van der Waals surface area contributed by atoms with E-state index in [1.807, 2.05) is 63.2 Å². The molecule has 2 heterocycles. The van der Waals surface area contributed by atoms with E-state index in [-0.39, 0.29) is 12.1 Å². The number of ether oxygens (including phenoxy) is 1. The highest BCUT2D eigenvalue weighted by atomic mass is 35.5. The van der Waals surface area contributed by atoms with Crippen molar-refractivity contribution in [2.24, 2.45) is 0 Å². The van der Waals surface area contributed by atoms with Crippen molar-refractivity contribution in [2.45, 2.75) is 50.9 Å². The lowest BCUT2D eigenvalue weighted by atomic mass is 9.80. The summed E-state index contributed by atoms with van der Waals surface area (Å²) >= 11 is 12.3. The number of amides is 1. The van der Waals surface area contributed by atoms with Crippen LogP contribution < -0.4 is 5.32 Å². The lowest BCUT2D eigenvalue weighted by molar-refractivity contribution is 0.0210. The van der Waals surface area contributed by atoms with Crippen LogP contribution in [0.3, 0.4) is 0 Å². The monoisotopic (exact) mass is 578 g/mol. The van der Waals surface area contributed by atoms with Gasteiger partial charge in [0.1, 0.15) is 11.2 Å². The highest BCUT2D eigenvalue weighted by Gasteiger charge is 2.34. The molecule has 0 unspecified atom stereocenters. The predicted molar refractivity (Wildman–Crippen MR) is 159 cm³/mol. The smallest absolute Gasteiger partial charge is 0.410 e. The van der Waals surface area contributed by atoms with Gasteiger partial charge < -0.3 is 20.1 Å². The number of anilines is 1. The summed E-state index contributed by atoms with van der Waals surface area (Å²) in [4.78, 5) is 14.2. The van der Waals surface area contributed by atoms with Gasteiger partial charge in [0, 0.05) is 34.6 Å². The number of hydrogen-bond acceptors (Lipinski definition) is 6. The summed E-state index contributed by atoms with van der Waals surface area (Å²) in [7, 11) is 0. The second-order valence-electron chi connectivity index (χ2n) is 11.1. The average Bonchev–Trinajstić information content (AvgIpc) is 2.93. The number of rotatable bonds is 5. The van der Waals surface area contributed by atoms with E-state index < -0.39 is 11.2 Å². The SMILES string of the molecule is CC(C)(C)OC(=O)N1CCC(Nc2cnnc3ccc(C(O)(c4ccc(Cl)cc4)c4ccc(Cl)cc4)cc23)CC1. The van der Waals surface area contributed by atoms with Crippen LogP contribution in [0.1, 0.15) is 50.3 Å². The maximum atomic E-state index is 12.5. The lowest BCUT2D eigenvalue weighted by Gasteiger charge is -2.34. The van der Waals surface area contributed by atoms with Crippen molar-refractivity contribution in [3.05, 3.63) is 99.7 Å². The second kappa shape index (κ2) is 11.2. The molecular weight excluding hydrogens is 547 g/mol. The van der Waals surface area contributed by atoms with Gasteiger partial charge in [-0.25, -0.2) is 4.79 Å². The van der Waals surface area contributed by atoms with E-state index in [1.165, 1.54) is 0 Å². The fraction of sp³-hybridized carbons (Fsp3) is 0.323. The molecule has 1 aliphatic heterocycles. The molecule has 0 saturated carbocycles. The number of likely N-dealkylation sites (tertiary alicyclic amines) is 1. The number of carbonyl (C=O) groups excluding carboxylic acids is 1. The van der Waals surface area contributed by atoms with E-state index in [0.717, 1.165) is 23.9 Å². The molecule has 1 aromatic heterocycles. The molecule has 4 aromatic rings. The number of carbonyl (C=O) groups is 1. The molecule has 40 heavy (non-hydrogen) atoms. The van der Waals surface area contributed by atoms with E-state index in [2.05, 4.69) is 15.5 Å². The van der Waals surface area contributed by atoms with Crippen molar-refractivity contribution in [3.8, 4) is 0 Å². The Balaban J connectivity index is 1.45. The summed E-state index contributed by atoms with van der Waals surface area (Å²) in [6, 6.07) is 20.2. The van der Waals surface area contributed by atoms with Crippen LogP contribution in [0.5, 0.6) is 0 Å². The van der Waals surface area contributed by atoms with Gasteiger partial charge in [-0.1, -0.05) is 53.5 Å².